The van der Waals surface area contributed by atoms with E-state index < -0.39 is 17.5 Å². The number of Topliss-reactive ketones (excluding diaryl/α,β-unsaturated/α-hetero) is 1. The second-order valence-electron chi connectivity index (χ2n) is 8.92. The summed E-state index contributed by atoms with van der Waals surface area (Å²) in [4.78, 5) is 38.4. The van der Waals surface area contributed by atoms with Crippen molar-refractivity contribution in [2.24, 2.45) is 11.3 Å². The fraction of sp³-hybridized carbons (Fsp3) is 0.400. The highest BCUT2D eigenvalue weighted by molar-refractivity contribution is 5.85. The summed E-state index contributed by atoms with van der Waals surface area (Å²) in [6, 6.07) is 16.3. The molecule has 0 radical (unpaired) electrons. The maximum Gasteiger partial charge on any atom is 0.409 e. The first kappa shape index (κ1) is 19.8. The Morgan fingerprint density at radius 2 is 1.71 bits per heavy atom. The number of rotatable bonds is 3. The number of fused-ring (bicyclic) bond motifs is 4. The van der Waals surface area contributed by atoms with Gasteiger partial charge >= 0.3 is 12.1 Å². The molecule has 1 saturated heterocycles. The number of hydrogen-bond acceptors (Lipinski definition) is 4. The second-order valence-corrected chi connectivity index (χ2v) is 8.92. The molecule has 1 amide bonds. The highest BCUT2D eigenvalue weighted by atomic mass is 16.6. The summed E-state index contributed by atoms with van der Waals surface area (Å²) in [6.45, 7) is 0.742. The maximum absolute atomic E-state index is 12.9. The predicted octanol–water partition coefficient (Wildman–Crippen LogP) is 4.08. The van der Waals surface area contributed by atoms with Crippen molar-refractivity contribution in [1.82, 2.24) is 4.90 Å². The van der Waals surface area contributed by atoms with Gasteiger partial charge in [0.15, 0.2) is 0 Å². The quantitative estimate of drug-likeness (QED) is 0.810. The van der Waals surface area contributed by atoms with E-state index in [1.807, 2.05) is 24.3 Å². The molecule has 2 aromatic carbocycles. The Morgan fingerprint density at radius 1 is 1.06 bits per heavy atom. The van der Waals surface area contributed by atoms with Crippen molar-refractivity contribution in [3.63, 3.8) is 0 Å². The highest BCUT2D eigenvalue weighted by Gasteiger charge is 2.53. The SMILES string of the molecule is O=C1CCC2(C(=O)O)CN(C(=O)OCC3c4ccccc4-c4ccccc43)CCC2C1. The Labute approximate surface area is 180 Å². The van der Waals surface area contributed by atoms with Gasteiger partial charge in [0.05, 0.1) is 5.41 Å². The van der Waals surface area contributed by atoms with E-state index >= 15 is 0 Å². The third kappa shape index (κ3) is 3.21. The Bertz CT molecular complexity index is 1020. The van der Waals surface area contributed by atoms with Gasteiger partial charge in [0, 0.05) is 31.8 Å². The molecule has 0 spiro atoms. The Hall–Kier alpha value is -3.15. The van der Waals surface area contributed by atoms with E-state index in [9.17, 15) is 19.5 Å². The van der Waals surface area contributed by atoms with Crippen molar-refractivity contribution in [3.05, 3.63) is 59.7 Å². The van der Waals surface area contributed by atoms with Gasteiger partial charge in [0.2, 0.25) is 0 Å². The second kappa shape index (κ2) is 7.52. The molecule has 2 aromatic rings. The maximum atomic E-state index is 12.9. The number of amides is 1. The number of ether oxygens (including phenoxy) is 1. The van der Waals surface area contributed by atoms with Crippen LogP contribution >= 0.6 is 0 Å². The van der Waals surface area contributed by atoms with Crippen molar-refractivity contribution in [2.45, 2.75) is 31.6 Å². The third-order valence-corrected chi connectivity index (χ3v) is 7.35. The van der Waals surface area contributed by atoms with Crippen LogP contribution < -0.4 is 0 Å². The zero-order valence-corrected chi connectivity index (χ0v) is 17.3. The van der Waals surface area contributed by atoms with Crippen LogP contribution in [0.5, 0.6) is 0 Å². The van der Waals surface area contributed by atoms with Crippen LogP contribution in [0.2, 0.25) is 0 Å². The number of piperidine rings is 1. The third-order valence-electron chi connectivity index (χ3n) is 7.35. The molecule has 1 aliphatic heterocycles. The average molecular weight is 419 g/mol. The monoisotopic (exact) mass is 419 g/mol. The fourth-order valence-corrected chi connectivity index (χ4v) is 5.65. The van der Waals surface area contributed by atoms with Gasteiger partial charge in [-0.05, 0) is 41.0 Å². The predicted molar refractivity (Wildman–Crippen MR) is 114 cm³/mol. The standard InChI is InChI=1S/C25H25NO5/c27-17-9-11-25(23(28)29)15-26(12-10-16(25)13-17)24(30)31-14-22-20-7-3-1-5-18(20)19-6-2-4-8-21(19)22/h1-8,16,22H,9-15H2,(H,28,29). The number of carbonyl (C=O) groups is 3. The minimum absolute atomic E-state index is 0.0328. The van der Waals surface area contributed by atoms with Crippen LogP contribution in [0.4, 0.5) is 4.79 Å². The van der Waals surface area contributed by atoms with Crippen molar-refractivity contribution in [3.8, 4) is 11.1 Å². The smallest absolute Gasteiger partial charge is 0.409 e. The van der Waals surface area contributed by atoms with Gasteiger partial charge in [-0.15, -0.1) is 0 Å². The van der Waals surface area contributed by atoms with Gasteiger partial charge in [0.1, 0.15) is 12.4 Å². The zero-order valence-electron chi connectivity index (χ0n) is 17.3. The fourth-order valence-electron chi connectivity index (χ4n) is 5.65. The molecule has 31 heavy (non-hydrogen) atoms. The summed E-state index contributed by atoms with van der Waals surface area (Å²) in [7, 11) is 0. The number of benzene rings is 2. The molecule has 1 N–H and O–H groups in total. The molecule has 160 valence electrons. The van der Waals surface area contributed by atoms with Crippen LogP contribution in [0.1, 0.15) is 42.7 Å². The van der Waals surface area contributed by atoms with Gasteiger partial charge < -0.3 is 14.7 Å². The molecule has 1 heterocycles. The molecule has 1 saturated carbocycles. The molecular formula is C25H25NO5. The molecule has 6 nitrogen and oxygen atoms in total. The summed E-state index contributed by atoms with van der Waals surface area (Å²) >= 11 is 0. The van der Waals surface area contributed by atoms with E-state index in [2.05, 4.69) is 24.3 Å². The number of hydrogen-bond donors (Lipinski definition) is 1. The summed E-state index contributed by atoms with van der Waals surface area (Å²) in [5, 5.41) is 9.94. The lowest BCUT2D eigenvalue weighted by Gasteiger charge is -2.47. The van der Waals surface area contributed by atoms with Crippen LogP contribution in [0.25, 0.3) is 11.1 Å². The Kier molecular flexibility index (Phi) is 4.80. The summed E-state index contributed by atoms with van der Waals surface area (Å²) in [5.74, 6) is -1.03. The van der Waals surface area contributed by atoms with Gasteiger partial charge in [0.25, 0.3) is 0 Å². The van der Waals surface area contributed by atoms with Crippen molar-refractivity contribution in [1.29, 1.82) is 0 Å². The molecule has 6 heteroatoms. The van der Waals surface area contributed by atoms with E-state index in [0.717, 1.165) is 22.3 Å². The molecular weight excluding hydrogens is 394 g/mol. The number of likely N-dealkylation sites (tertiary alicyclic amines) is 1. The van der Waals surface area contributed by atoms with Gasteiger partial charge in [-0.2, -0.15) is 0 Å². The summed E-state index contributed by atoms with van der Waals surface area (Å²) in [5.41, 5.74) is 3.57. The van der Waals surface area contributed by atoms with Crippen molar-refractivity contribution >= 4 is 17.8 Å². The lowest BCUT2D eigenvalue weighted by molar-refractivity contribution is -0.161. The first-order chi connectivity index (χ1) is 15.0. The van der Waals surface area contributed by atoms with E-state index in [-0.39, 0.29) is 37.2 Å². The molecule has 0 bridgehead atoms. The topological polar surface area (TPSA) is 83.9 Å². The number of carbonyl (C=O) groups excluding carboxylic acids is 2. The first-order valence-electron chi connectivity index (χ1n) is 10.8. The molecule has 0 aromatic heterocycles. The minimum Gasteiger partial charge on any atom is -0.481 e. The van der Waals surface area contributed by atoms with E-state index in [0.29, 0.717) is 25.8 Å². The number of ketones is 1. The molecule has 2 aliphatic carbocycles. The van der Waals surface area contributed by atoms with Crippen LogP contribution in [-0.4, -0.2) is 47.5 Å². The van der Waals surface area contributed by atoms with E-state index in [4.69, 9.17) is 4.74 Å². The van der Waals surface area contributed by atoms with Gasteiger partial charge in [-0.3, -0.25) is 9.59 Å². The molecule has 2 atom stereocenters. The van der Waals surface area contributed by atoms with Gasteiger partial charge in [-0.25, -0.2) is 4.79 Å². The zero-order chi connectivity index (χ0) is 21.6. The number of carboxylic acids is 1. The lowest BCUT2D eigenvalue weighted by Crippen LogP contribution is -2.57. The molecule has 3 aliphatic rings. The summed E-state index contributed by atoms with van der Waals surface area (Å²) < 4.78 is 5.73. The number of aliphatic carboxylic acids is 1. The number of nitrogens with zero attached hydrogens (tertiary/aromatic N) is 1. The van der Waals surface area contributed by atoms with Crippen molar-refractivity contribution in [2.75, 3.05) is 19.7 Å². The highest BCUT2D eigenvalue weighted by Crippen LogP contribution is 2.47. The van der Waals surface area contributed by atoms with E-state index in [1.54, 1.807) is 0 Å². The average Bonchev–Trinajstić information content (AvgIpc) is 3.11. The van der Waals surface area contributed by atoms with Crippen LogP contribution in [-0.2, 0) is 14.3 Å². The van der Waals surface area contributed by atoms with Crippen LogP contribution in [0, 0.1) is 11.3 Å². The normalized spacial score (nSPS) is 24.8. The molecule has 5 rings (SSSR count). The lowest BCUT2D eigenvalue weighted by atomic mass is 9.62. The summed E-state index contributed by atoms with van der Waals surface area (Å²) in [6.07, 6.45) is 0.894. The largest absolute Gasteiger partial charge is 0.481 e. The van der Waals surface area contributed by atoms with Crippen LogP contribution in [0.15, 0.2) is 48.5 Å². The molecule has 2 fully saturated rings. The Balaban J connectivity index is 1.32. The Morgan fingerprint density at radius 3 is 2.35 bits per heavy atom. The molecule has 2 unspecified atom stereocenters. The van der Waals surface area contributed by atoms with Crippen molar-refractivity contribution < 1.29 is 24.2 Å². The van der Waals surface area contributed by atoms with Crippen LogP contribution in [0.3, 0.4) is 0 Å². The van der Waals surface area contributed by atoms with Gasteiger partial charge in [-0.1, -0.05) is 48.5 Å². The minimum atomic E-state index is -1.04. The number of carboxylic acid groups (broad SMARTS) is 1. The van der Waals surface area contributed by atoms with E-state index in [1.165, 1.54) is 4.90 Å². The first-order valence-corrected chi connectivity index (χ1v) is 10.8.